The van der Waals surface area contributed by atoms with Gasteiger partial charge in [0.2, 0.25) is 5.91 Å². The van der Waals surface area contributed by atoms with Crippen LogP contribution in [-0.4, -0.2) is 23.5 Å². The first-order valence-corrected chi connectivity index (χ1v) is 6.31. The second kappa shape index (κ2) is 8.84. The van der Waals surface area contributed by atoms with E-state index < -0.39 is 5.92 Å². The Kier molecular flexibility index (Phi) is 8.19. The molecule has 0 aliphatic carbocycles. The number of nitrogens with zero attached hydrogens (tertiary/aromatic N) is 1. The summed E-state index contributed by atoms with van der Waals surface area (Å²) in [4.78, 5) is 11.7. The zero-order valence-electron chi connectivity index (χ0n) is 11.1. The molecule has 0 aliphatic heterocycles. The summed E-state index contributed by atoms with van der Waals surface area (Å²) in [6, 6.07) is 0. The fourth-order valence-electron chi connectivity index (χ4n) is 1.56. The van der Waals surface area contributed by atoms with Crippen LogP contribution in [0.4, 0.5) is 0 Å². The van der Waals surface area contributed by atoms with Crippen LogP contribution in [0.25, 0.3) is 0 Å². The number of oxime groups is 1. The number of nitrogens with two attached hydrogens (primary N) is 1. The number of hydrogen-bond donors (Lipinski definition) is 3. The standard InChI is InChI=1S/C12H25N3O2/c1-4-6-7-10(5-2)8-14-12(16)9(3)11(13)15-17/h9-10,17H,4-8H2,1-3H3,(H2,13,15)(H,14,16). The van der Waals surface area contributed by atoms with Crippen LogP contribution >= 0.6 is 0 Å². The van der Waals surface area contributed by atoms with Gasteiger partial charge in [0, 0.05) is 6.54 Å². The van der Waals surface area contributed by atoms with E-state index >= 15 is 0 Å². The zero-order chi connectivity index (χ0) is 13.3. The minimum absolute atomic E-state index is 0.0518. The van der Waals surface area contributed by atoms with Gasteiger partial charge in [-0.1, -0.05) is 38.3 Å². The van der Waals surface area contributed by atoms with Crippen molar-refractivity contribution in [3.05, 3.63) is 0 Å². The van der Waals surface area contributed by atoms with Crippen molar-refractivity contribution in [1.29, 1.82) is 0 Å². The molecule has 2 atom stereocenters. The molecule has 0 aromatic rings. The molecule has 0 aromatic carbocycles. The third-order valence-electron chi connectivity index (χ3n) is 3.06. The highest BCUT2D eigenvalue weighted by atomic mass is 16.4. The van der Waals surface area contributed by atoms with Gasteiger partial charge < -0.3 is 16.3 Å². The van der Waals surface area contributed by atoms with Gasteiger partial charge in [-0.25, -0.2) is 0 Å². The smallest absolute Gasteiger partial charge is 0.230 e. The van der Waals surface area contributed by atoms with Gasteiger partial charge in [-0.3, -0.25) is 4.79 Å². The van der Waals surface area contributed by atoms with E-state index in [4.69, 9.17) is 10.9 Å². The molecule has 0 aliphatic rings. The average Bonchev–Trinajstić information content (AvgIpc) is 2.36. The van der Waals surface area contributed by atoms with Crippen LogP contribution in [0.2, 0.25) is 0 Å². The lowest BCUT2D eigenvalue weighted by Crippen LogP contribution is -2.39. The van der Waals surface area contributed by atoms with Crippen LogP contribution in [-0.2, 0) is 4.79 Å². The monoisotopic (exact) mass is 243 g/mol. The summed E-state index contributed by atoms with van der Waals surface area (Å²) in [6.45, 7) is 6.57. The first-order valence-electron chi connectivity index (χ1n) is 6.31. The van der Waals surface area contributed by atoms with Crippen LogP contribution in [0.5, 0.6) is 0 Å². The Bertz CT molecular complexity index is 254. The molecule has 0 saturated heterocycles. The molecule has 1 amide bonds. The maximum absolute atomic E-state index is 11.7. The van der Waals surface area contributed by atoms with Crippen LogP contribution < -0.4 is 11.1 Å². The molecule has 0 bridgehead atoms. The molecule has 0 rings (SSSR count). The van der Waals surface area contributed by atoms with E-state index in [2.05, 4.69) is 24.3 Å². The topological polar surface area (TPSA) is 87.7 Å². The lowest BCUT2D eigenvalue weighted by atomic mass is 9.99. The van der Waals surface area contributed by atoms with Crippen molar-refractivity contribution in [3.63, 3.8) is 0 Å². The van der Waals surface area contributed by atoms with Crippen molar-refractivity contribution < 1.29 is 10.0 Å². The molecule has 0 spiro atoms. The van der Waals surface area contributed by atoms with Gasteiger partial charge in [-0.15, -0.1) is 0 Å². The van der Waals surface area contributed by atoms with E-state index in [1.54, 1.807) is 6.92 Å². The molecule has 0 aromatic heterocycles. The third-order valence-corrected chi connectivity index (χ3v) is 3.06. The Labute approximate surface area is 103 Å². The van der Waals surface area contributed by atoms with Gasteiger partial charge in [0.1, 0.15) is 0 Å². The lowest BCUT2D eigenvalue weighted by molar-refractivity contribution is -0.122. The van der Waals surface area contributed by atoms with E-state index in [9.17, 15) is 4.79 Å². The van der Waals surface area contributed by atoms with Gasteiger partial charge in [-0.05, 0) is 19.3 Å². The number of carbonyl (C=O) groups excluding carboxylic acids is 1. The zero-order valence-corrected chi connectivity index (χ0v) is 11.1. The number of amidine groups is 1. The molecule has 0 saturated carbocycles. The Morgan fingerprint density at radius 1 is 1.47 bits per heavy atom. The molecular weight excluding hydrogens is 218 g/mol. The Morgan fingerprint density at radius 3 is 2.59 bits per heavy atom. The first-order chi connectivity index (χ1) is 8.06. The molecular formula is C12H25N3O2. The normalized spacial score (nSPS) is 15.4. The highest BCUT2D eigenvalue weighted by molar-refractivity contribution is 6.01. The summed E-state index contributed by atoms with van der Waals surface area (Å²) in [5.41, 5.74) is 5.38. The van der Waals surface area contributed by atoms with Crippen LogP contribution in [0.1, 0.15) is 46.5 Å². The van der Waals surface area contributed by atoms with Crippen molar-refractivity contribution in [3.8, 4) is 0 Å². The van der Waals surface area contributed by atoms with Gasteiger partial charge in [-0.2, -0.15) is 0 Å². The highest BCUT2D eigenvalue weighted by Gasteiger charge is 2.18. The number of rotatable bonds is 8. The van der Waals surface area contributed by atoms with E-state index in [0.29, 0.717) is 12.5 Å². The maximum atomic E-state index is 11.7. The quantitative estimate of drug-likeness (QED) is 0.262. The molecule has 4 N–H and O–H groups in total. The van der Waals surface area contributed by atoms with Gasteiger partial charge in [0.25, 0.3) is 0 Å². The molecule has 0 heterocycles. The summed E-state index contributed by atoms with van der Waals surface area (Å²) >= 11 is 0. The number of nitrogens with one attached hydrogen (secondary N) is 1. The summed E-state index contributed by atoms with van der Waals surface area (Å²) in [5.74, 6) is -0.304. The molecule has 5 heteroatoms. The second-order valence-corrected chi connectivity index (χ2v) is 4.41. The molecule has 0 fully saturated rings. The first kappa shape index (κ1) is 15.7. The predicted octanol–water partition coefficient (Wildman–Crippen LogP) is 1.70. The van der Waals surface area contributed by atoms with Crippen molar-refractivity contribution >= 4 is 11.7 Å². The van der Waals surface area contributed by atoms with E-state index in [0.717, 1.165) is 12.8 Å². The maximum Gasteiger partial charge on any atom is 0.230 e. The summed E-state index contributed by atoms with van der Waals surface area (Å²) < 4.78 is 0. The fraction of sp³-hybridized carbons (Fsp3) is 0.833. The predicted molar refractivity (Wildman–Crippen MR) is 68.9 cm³/mol. The molecule has 17 heavy (non-hydrogen) atoms. The van der Waals surface area contributed by atoms with Crippen molar-refractivity contribution in [1.82, 2.24) is 5.32 Å². The summed E-state index contributed by atoms with van der Waals surface area (Å²) in [6.07, 6.45) is 4.54. The van der Waals surface area contributed by atoms with Crippen LogP contribution in [0.3, 0.4) is 0 Å². The van der Waals surface area contributed by atoms with Crippen molar-refractivity contribution in [2.24, 2.45) is 22.7 Å². The highest BCUT2D eigenvalue weighted by Crippen LogP contribution is 2.11. The Balaban J connectivity index is 4.04. The summed E-state index contributed by atoms with van der Waals surface area (Å²) in [5, 5.41) is 14.2. The SMILES string of the molecule is CCCCC(CC)CNC(=O)C(C)C(N)=NO. The molecule has 2 unspecified atom stereocenters. The lowest BCUT2D eigenvalue weighted by Gasteiger charge is -2.17. The van der Waals surface area contributed by atoms with E-state index in [-0.39, 0.29) is 11.7 Å². The largest absolute Gasteiger partial charge is 0.409 e. The minimum Gasteiger partial charge on any atom is -0.409 e. The van der Waals surface area contributed by atoms with Gasteiger partial charge >= 0.3 is 0 Å². The Hall–Kier alpha value is -1.26. The molecule has 0 radical (unpaired) electrons. The van der Waals surface area contributed by atoms with Crippen LogP contribution in [0.15, 0.2) is 5.16 Å². The molecule has 100 valence electrons. The third kappa shape index (κ3) is 6.14. The average molecular weight is 243 g/mol. The van der Waals surface area contributed by atoms with Gasteiger partial charge in [0.15, 0.2) is 5.84 Å². The number of unbranched alkanes of at least 4 members (excludes halogenated alkanes) is 1. The fourth-order valence-corrected chi connectivity index (χ4v) is 1.56. The number of carbonyl (C=O) groups is 1. The number of hydrogen-bond acceptors (Lipinski definition) is 3. The van der Waals surface area contributed by atoms with Crippen LogP contribution in [0, 0.1) is 11.8 Å². The molecule has 5 nitrogen and oxygen atoms in total. The van der Waals surface area contributed by atoms with Crippen molar-refractivity contribution in [2.45, 2.75) is 46.5 Å². The minimum atomic E-state index is -0.580. The van der Waals surface area contributed by atoms with E-state index in [1.807, 2.05) is 0 Å². The number of amides is 1. The van der Waals surface area contributed by atoms with Gasteiger partial charge in [0.05, 0.1) is 5.92 Å². The van der Waals surface area contributed by atoms with Crippen molar-refractivity contribution in [2.75, 3.05) is 6.54 Å². The van der Waals surface area contributed by atoms with E-state index in [1.165, 1.54) is 12.8 Å². The second-order valence-electron chi connectivity index (χ2n) is 4.41. The Morgan fingerprint density at radius 2 is 2.12 bits per heavy atom. The summed E-state index contributed by atoms with van der Waals surface area (Å²) in [7, 11) is 0.